The molecule has 0 aliphatic carbocycles. The van der Waals surface area contributed by atoms with Gasteiger partial charge in [-0.1, -0.05) is 121 Å². The lowest BCUT2D eigenvalue weighted by Crippen LogP contribution is -2.35. The number of carbonyl (C=O) groups excluding carboxylic acids is 1. The van der Waals surface area contributed by atoms with E-state index in [2.05, 4.69) is 95.6 Å². The molecule has 10 heteroatoms. The van der Waals surface area contributed by atoms with Crippen molar-refractivity contribution < 1.29 is 14.7 Å². The van der Waals surface area contributed by atoms with Gasteiger partial charge >= 0.3 is 5.97 Å². The van der Waals surface area contributed by atoms with Crippen LogP contribution in [0, 0.1) is 0 Å². The molecule has 2 aromatic heterocycles. The molecule has 7 nitrogen and oxygen atoms in total. The predicted molar refractivity (Wildman–Crippen MR) is 221 cm³/mol. The van der Waals surface area contributed by atoms with E-state index in [0.717, 1.165) is 83.0 Å². The highest BCUT2D eigenvalue weighted by molar-refractivity contribution is 8.30. The van der Waals surface area contributed by atoms with Gasteiger partial charge in [-0.25, -0.2) is 0 Å². The van der Waals surface area contributed by atoms with Crippen LogP contribution in [-0.4, -0.2) is 41.9 Å². The first kappa shape index (κ1) is 34.3. The van der Waals surface area contributed by atoms with E-state index >= 15 is 0 Å². The maximum Gasteiger partial charge on any atom is 0.323 e. The molecule has 0 saturated carbocycles. The van der Waals surface area contributed by atoms with Gasteiger partial charge in [0.15, 0.2) is 0 Å². The van der Waals surface area contributed by atoms with Crippen molar-refractivity contribution in [1.82, 2.24) is 14.0 Å². The van der Waals surface area contributed by atoms with Gasteiger partial charge < -0.3 is 9.67 Å². The zero-order chi connectivity index (χ0) is 36.6. The smallest absolute Gasteiger partial charge is 0.323 e. The van der Waals surface area contributed by atoms with Crippen LogP contribution in [0.5, 0.6) is 0 Å². The van der Waals surface area contributed by atoms with Crippen molar-refractivity contribution in [3.63, 3.8) is 0 Å². The van der Waals surface area contributed by atoms with Gasteiger partial charge in [-0.15, -0.1) is 11.3 Å². The quantitative estimate of drug-likeness (QED) is 0.128. The third kappa shape index (κ3) is 6.46. The van der Waals surface area contributed by atoms with Crippen LogP contribution in [0.15, 0.2) is 132 Å². The third-order valence-electron chi connectivity index (χ3n) is 9.19. The first-order valence-electron chi connectivity index (χ1n) is 17.0. The summed E-state index contributed by atoms with van der Waals surface area (Å²) in [6, 6.07) is 43.6. The number of carboxylic acid groups (broad SMARTS) is 1. The van der Waals surface area contributed by atoms with Gasteiger partial charge in [-0.2, -0.15) is 0 Å². The number of nitrogens with zero attached hydrogens (tertiary/aromatic N) is 3. The molecule has 1 fully saturated rings. The standard InChI is InChI=1S/C43H31N3O4S3/c1-2-44-41(50)39(53-43(44)51)42-45(26-38(47)48)40(49)37(52-42)25-28-19-22-36-34(24-28)32-15-9-10-16-35(32)46(36)31-20-17-27(18-21-31)23-33(29-11-5-3-6-12-29)30-13-7-4-8-14-30/h3-25H,2,26H2,1H3,(H,47,48)/b37-25+,42-39-. The Kier molecular flexibility index (Phi) is 9.26. The maximum atomic E-state index is 13.6. The van der Waals surface area contributed by atoms with Gasteiger partial charge in [0.05, 0.1) is 15.6 Å². The minimum Gasteiger partial charge on any atom is -0.480 e. The second-order valence-corrected chi connectivity index (χ2v) is 15.1. The number of carboxylic acids is 1. The van der Waals surface area contributed by atoms with Crippen LogP contribution in [0.3, 0.4) is 0 Å². The minimum absolute atomic E-state index is 0.274. The Morgan fingerprint density at radius 2 is 1.40 bits per heavy atom. The van der Waals surface area contributed by atoms with E-state index in [0.29, 0.717) is 20.1 Å². The lowest BCUT2D eigenvalue weighted by molar-refractivity contribution is -0.137. The molecule has 0 unspecified atom stereocenters. The van der Waals surface area contributed by atoms with Crippen LogP contribution in [0.4, 0.5) is 0 Å². The number of thiocarbonyl (C=S) groups is 1. The number of thiazole rings is 1. The minimum atomic E-state index is -1.17. The molecule has 5 aromatic carbocycles. The van der Waals surface area contributed by atoms with E-state index in [4.69, 9.17) is 12.2 Å². The number of thioether (sulfide) groups is 1. The van der Waals surface area contributed by atoms with Gasteiger partial charge in [0.1, 0.15) is 20.4 Å². The summed E-state index contributed by atoms with van der Waals surface area (Å²) >= 11 is 7.59. The molecule has 1 amide bonds. The van der Waals surface area contributed by atoms with Gasteiger partial charge in [0, 0.05) is 23.0 Å². The topological polar surface area (TPSA) is 84.5 Å². The van der Waals surface area contributed by atoms with Crippen LogP contribution >= 0.6 is 35.3 Å². The highest BCUT2D eigenvalue weighted by Gasteiger charge is 2.33. The highest BCUT2D eigenvalue weighted by atomic mass is 32.2. The van der Waals surface area contributed by atoms with E-state index in [1.807, 2.05) is 49.4 Å². The number of aliphatic carboxylic acids is 1. The van der Waals surface area contributed by atoms with E-state index in [1.165, 1.54) is 4.90 Å². The molecule has 1 N–H and O–H groups in total. The van der Waals surface area contributed by atoms with Crippen molar-refractivity contribution >= 4 is 95.9 Å². The predicted octanol–water partition coefficient (Wildman–Crippen LogP) is 7.50. The van der Waals surface area contributed by atoms with Crippen molar-refractivity contribution in [1.29, 1.82) is 0 Å². The third-order valence-corrected chi connectivity index (χ3v) is 11.9. The van der Waals surface area contributed by atoms with Crippen LogP contribution < -0.4 is 14.8 Å². The Morgan fingerprint density at radius 1 is 0.774 bits per heavy atom. The molecule has 53 heavy (non-hydrogen) atoms. The number of hydrogen-bond acceptors (Lipinski definition) is 6. The van der Waals surface area contributed by atoms with Crippen molar-refractivity contribution in [3.8, 4) is 5.69 Å². The number of hydrogen-bond donors (Lipinski definition) is 1. The molecule has 0 spiro atoms. The average molecular weight is 750 g/mol. The number of rotatable bonds is 8. The largest absolute Gasteiger partial charge is 0.480 e. The molecule has 260 valence electrons. The second-order valence-electron chi connectivity index (χ2n) is 12.5. The first-order chi connectivity index (χ1) is 25.8. The zero-order valence-electron chi connectivity index (χ0n) is 28.4. The summed E-state index contributed by atoms with van der Waals surface area (Å²) in [7, 11) is 0. The summed E-state index contributed by atoms with van der Waals surface area (Å²) in [6.07, 6.45) is 3.98. The summed E-state index contributed by atoms with van der Waals surface area (Å²) in [6.45, 7) is 1.65. The SMILES string of the molecule is CCN1C(=O)/C(=c2/s/c(=C/c3ccc4c(c3)c3ccccc3n4-c3ccc(C=C(c4ccccc4)c4ccccc4)cc3)c(=O)n2CC(=O)O)SC1=S. The number of fused-ring (bicyclic) bond motifs is 3. The summed E-state index contributed by atoms with van der Waals surface area (Å²) in [4.78, 5) is 40.3. The molecule has 0 atom stereocenters. The fourth-order valence-electron chi connectivity index (χ4n) is 6.73. The normalized spacial score (nSPS) is 14.4. The summed E-state index contributed by atoms with van der Waals surface area (Å²) < 4.78 is 4.42. The first-order valence-corrected chi connectivity index (χ1v) is 19.0. The van der Waals surface area contributed by atoms with Gasteiger partial charge in [0.2, 0.25) is 0 Å². The number of benzene rings is 5. The second kappa shape index (κ2) is 14.3. The Morgan fingerprint density at radius 3 is 2.04 bits per heavy atom. The van der Waals surface area contributed by atoms with E-state index in [-0.39, 0.29) is 10.8 Å². The van der Waals surface area contributed by atoms with E-state index in [1.54, 1.807) is 6.08 Å². The molecular weight excluding hydrogens is 719 g/mol. The Bertz CT molecular complexity index is 2760. The number of carbonyl (C=O) groups is 2. The van der Waals surface area contributed by atoms with Crippen LogP contribution in [0.2, 0.25) is 0 Å². The molecule has 3 heterocycles. The van der Waals surface area contributed by atoms with Gasteiger partial charge in [-0.3, -0.25) is 23.9 Å². The van der Waals surface area contributed by atoms with Crippen molar-refractivity contribution in [2.24, 2.45) is 0 Å². The lowest BCUT2D eigenvalue weighted by atomic mass is 9.96. The summed E-state index contributed by atoms with van der Waals surface area (Å²) in [5.41, 5.74) is 7.90. The van der Waals surface area contributed by atoms with Crippen LogP contribution in [0.1, 0.15) is 29.2 Å². The van der Waals surface area contributed by atoms with Crippen molar-refractivity contribution in [2.45, 2.75) is 13.5 Å². The monoisotopic (exact) mass is 749 g/mol. The molecule has 0 bridgehead atoms. The Labute approximate surface area is 318 Å². The fraction of sp³-hybridized carbons (Fsp3) is 0.0698. The molecule has 1 saturated heterocycles. The zero-order valence-corrected chi connectivity index (χ0v) is 30.9. The van der Waals surface area contributed by atoms with Crippen LogP contribution in [0.25, 0.3) is 50.1 Å². The highest BCUT2D eigenvalue weighted by Crippen LogP contribution is 2.34. The van der Waals surface area contributed by atoms with Crippen molar-refractivity contribution in [3.05, 3.63) is 169 Å². The van der Waals surface area contributed by atoms with Gasteiger partial charge in [-0.05, 0) is 77.2 Å². The van der Waals surface area contributed by atoms with Crippen LogP contribution in [-0.2, 0) is 16.1 Å². The number of aromatic nitrogens is 2. The van der Waals surface area contributed by atoms with E-state index < -0.39 is 18.1 Å². The number of para-hydroxylation sites is 1. The maximum absolute atomic E-state index is 13.6. The van der Waals surface area contributed by atoms with Crippen molar-refractivity contribution in [2.75, 3.05) is 6.54 Å². The fourth-order valence-corrected chi connectivity index (χ4v) is 9.37. The molecule has 1 aliphatic rings. The summed E-state index contributed by atoms with van der Waals surface area (Å²) in [5.74, 6) is -1.49. The van der Waals surface area contributed by atoms with E-state index in [9.17, 15) is 19.5 Å². The molecule has 0 radical (unpaired) electrons. The lowest BCUT2D eigenvalue weighted by Gasteiger charge is -2.11. The molecule has 8 rings (SSSR count). The molecular formula is C43H31N3O4S3. The Hall–Kier alpha value is -5.81. The van der Waals surface area contributed by atoms with Gasteiger partial charge in [0.25, 0.3) is 11.5 Å². The molecule has 1 aliphatic heterocycles. The Balaban J connectivity index is 1.22. The number of amides is 1. The average Bonchev–Trinajstić information content (AvgIpc) is 3.78. The summed E-state index contributed by atoms with van der Waals surface area (Å²) in [5, 5.41) is 11.7. The molecule has 7 aromatic rings.